The van der Waals surface area contributed by atoms with Crippen LogP contribution in [0.1, 0.15) is 6.92 Å². The van der Waals surface area contributed by atoms with E-state index in [0.29, 0.717) is 5.39 Å². The van der Waals surface area contributed by atoms with Crippen LogP contribution in [0.5, 0.6) is 0 Å². The zero-order valence-corrected chi connectivity index (χ0v) is 8.60. The highest BCUT2D eigenvalue weighted by molar-refractivity contribution is 7.99. The molecular weight excluding hydrogens is 196 g/mol. The van der Waals surface area contributed by atoms with Crippen molar-refractivity contribution in [2.45, 2.75) is 11.8 Å². The van der Waals surface area contributed by atoms with Crippen LogP contribution in [-0.4, -0.2) is 15.7 Å². The summed E-state index contributed by atoms with van der Waals surface area (Å²) in [5.74, 6) is 1.00. The molecule has 0 atom stereocenters. The lowest BCUT2D eigenvalue weighted by atomic mass is 10.2. The van der Waals surface area contributed by atoms with Crippen LogP contribution in [0.2, 0.25) is 0 Å². The summed E-state index contributed by atoms with van der Waals surface area (Å²) in [6.45, 7) is 2.09. The van der Waals surface area contributed by atoms with Crippen LogP contribution in [0, 0.1) is 0 Å². The average molecular weight is 206 g/mol. The van der Waals surface area contributed by atoms with Crippen molar-refractivity contribution >= 4 is 22.7 Å². The summed E-state index contributed by atoms with van der Waals surface area (Å²) in [4.78, 5) is 19.2. The van der Waals surface area contributed by atoms with E-state index in [2.05, 4.69) is 16.9 Å². The van der Waals surface area contributed by atoms with Crippen molar-refractivity contribution in [3.05, 3.63) is 34.9 Å². The Morgan fingerprint density at radius 2 is 2.36 bits per heavy atom. The van der Waals surface area contributed by atoms with E-state index in [-0.39, 0.29) is 5.56 Å². The molecule has 14 heavy (non-hydrogen) atoms. The van der Waals surface area contributed by atoms with Gasteiger partial charge in [-0.05, 0) is 24.0 Å². The molecule has 0 unspecified atom stereocenters. The topological polar surface area (TPSA) is 45.8 Å². The summed E-state index contributed by atoms with van der Waals surface area (Å²) in [6, 6.07) is 5.75. The van der Waals surface area contributed by atoms with E-state index in [4.69, 9.17) is 0 Å². The van der Waals surface area contributed by atoms with E-state index in [1.54, 1.807) is 11.8 Å². The number of benzene rings is 1. The molecule has 1 N–H and O–H groups in total. The van der Waals surface area contributed by atoms with Gasteiger partial charge in [-0.1, -0.05) is 6.92 Å². The molecule has 0 fully saturated rings. The second-order valence-corrected chi connectivity index (χ2v) is 4.18. The fourth-order valence-electron chi connectivity index (χ4n) is 1.30. The van der Waals surface area contributed by atoms with E-state index in [1.165, 1.54) is 6.33 Å². The van der Waals surface area contributed by atoms with Gasteiger partial charge >= 0.3 is 0 Å². The largest absolute Gasteiger partial charge is 0.313 e. The first-order valence-electron chi connectivity index (χ1n) is 4.41. The fraction of sp³-hybridized carbons (Fsp3) is 0.200. The second kappa shape index (κ2) is 3.84. The Bertz CT molecular complexity index is 507. The van der Waals surface area contributed by atoms with Gasteiger partial charge in [0.2, 0.25) is 0 Å². The number of thioether (sulfide) groups is 1. The summed E-state index contributed by atoms with van der Waals surface area (Å²) in [6.07, 6.45) is 1.43. The molecule has 0 aliphatic heterocycles. The molecule has 0 saturated heterocycles. The smallest absolute Gasteiger partial charge is 0.258 e. The van der Waals surface area contributed by atoms with E-state index in [9.17, 15) is 4.79 Å². The Labute approximate surface area is 85.6 Å². The van der Waals surface area contributed by atoms with Crippen molar-refractivity contribution in [3.8, 4) is 0 Å². The Morgan fingerprint density at radius 3 is 3.14 bits per heavy atom. The lowest BCUT2D eigenvalue weighted by Crippen LogP contribution is -2.05. The molecule has 1 aromatic carbocycles. The normalized spacial score (nSPS) is 10.6. The summed E-state index contributed by atoms with van der Waals surface area (Å²) in [5, 5.41) is 0.658. The number of nitrogens with zero attached hydrogens (tertiary/aromatic N) is 1. The van der Waals surface area contributed by atoms with E-state index < -0.39 is 0 Å². The first kappa shape index (κ1) is 9.27. The van der Waals surface area contributed by atoms with Gasteiger partial charge in [0.05, 0.1) is 17.2 Å². The quantitative estimate of drug-likeness (QED) is 0.765. The molecule has 0 spiro atoms. The van der Waals surface area contributed by atoms with Gasteiger partial charge in [0, 0.05) is 4.90 Å². The molecule has 0 saturated carbocycles. The van der Waals surface area contributed by atoms with Crippen LogP contribution in [0.25, 0.3) is 10.9 Å². The summed E-state index contributed by atoms with van der Waals surface area (Å²) in [5.41, 5.74) is 0.669. The van der Waals surface area contributed by atoms with Gasteiger partial charge in [0.15, 0.2) is 0 Å². The number of H-pyrrole nitrogens is 1. The van der Waals surface area contributed by atoms with Crippen molar-refractivity contribution in [1.82, 2.24) is 9.97 Å². The minimum absolute atomic E-state index is 0.0754. The number of hydrogen-bond donors (Lipinski definition) is 1. The van der Waals surface area contributed by atoms with Crippen molar-refractivity contribution in [1.29, 1.82) is 0 Å². The molecule has 0 aliphatic carbocycles. The van der Waals surface area contributed by atoms with Crippen molar-refractivity contribution in [2.75, 3.05) is 5.75 Å². The average Bonchev–Trinajstić information content (AvgIpc) is 2.20. The molecule has 72 valence electrons. The van der Waals surface area contributed by atoms with Gasteiger partial charge in [-0.2, -0.15) is 0 Å². The molecule has 2 aromatic rings. The Kier molecular flexibility index (Phi) is 2.54. The minimum Gasteiger partial charge on any atom is -0.313 e. The van der Waals surface area contributed by atoms with Gasteiger partial charge in [-0.15, -0.1) is 11.8 Å². The van der Waals surface area contributed by atoms with Crippen LogP contribution in [0.3, 0.4) is 0 Å². The van der Waals surface area contributed by atoms with Crippen molar-refractivity contribution in [2.24, 2.45) is 0 Å². The molecule has 0 aliphatic rings. The first-order valence-corrected chi connectivity index (χ1v) is 5.40. The standard InChI is InChI=1S/C10H10N2OS/c1-2-14-7-3-4-9-8(5-7)10(13)12-6-11-9/h3-6H,2H2,1H3,(H,11,12,13). The Hall–Kier alpha value is -1.29. The number of nitrogens with one attached hydrogen (secondary N) is 1. The Morgan fingerprint density at radius 1 is 1.50 bits per heavy atom. The third-order valence-electron chi connectivity index (χ3n) is 1.92. The zero-order valence-electron chi connectivity index (χ0n) is 7.78. The van der Waals surface area contributed by atoms with Gasteiger partial charge < -0.3 is 4.98 Å². The second-order valence-electron chi connectivity index (χ2n) is 2.84. The highest BCUT2D eigenvalue weighted by Crippen LogP contribution is 2.19. The van der Waals surface area contributed by atoms with Crippen LogP contribution in [-0.2, 0) is 0 Å². The predicted octanol–water partition coefficient (Wildman–Crippen LogP) is 2.04. The summed E-state index contributed by atoms with van der Waals surface area (Å²) in [7, 11) is 0. The first-order chi connectivity index (χ1) is 6.81. The third kappa shape index (κ3) is 1.65. The molecular formula is C10H10N2OS. The lowest BCUT2D eigenvalue weighted by molar-refractivity contribution is 1.17. The molecule has 1 heterocycles. The van der Waals surface area contributed by atoms with Gasteiger partial charge in [0.25, 0.3) is 5.56 Å². The van der Waals surface area contributed by atoms with Crippen LogP contribution in [0.15, 0.2) is 34.2 Å². The van der Waals surface area contributed by atoms with Gasteiger partial charge in [-0.25, -0.2) is 4.98 Å². The molecule has 4 heteroatoms. The SMILES string of the molecule is CCSc1ccc2nc[nH]c(=O)c2c1. The summed E-state index contributed by atoms with van der Waals surface area (Å²) >= 11 is 1.72. The van der Waals surface area contributed by atoms with Crippen LogP contribution in [0.4, 0.5) is 0 Å². The molecule has 1 aromatic heterocycles. The zero-order chi connectivity index (χ0) is 9.97. The monoisotopic (exact) mass is 206 g/mol. The molecule has 2 rings (SSSR count). The Balaban J connectivity index is 2.64. The number of aromatic nitrogens is 2. The number of fused-ring (bicyclic) bond motifs is 1. The number of rotatable bonds is 2. The van der Waals surface area contributed by atoms with Crippen LogP contribution < -0.4 is 5.56 Å². The summed E-state index contributed by atoms with van der Waals surface area (Å²) < 4.78 is 0. The van der Waals surface area contributed by atoms with Gasteiger partial charge in [0.1, 0.15) is 0 Å². The van der Waals surface area contributed by atoms with Gasteiger partial charge in [-0.3, -0.25) is 4.79 Å². The number of aromatic amines is 1. The highest BCUT2D eigenvalue weighted by atomic mass is 32.2. The third-order valence-corrected chi connectivity index (χ3v) is 2.80. The molecule has 0 bridgehead atoms. The van der Waals surface area contributed by atoms with Crippen molar-refractivity contribution in [3.63, 3.8) is 0 Å². The maximum atomic E-state index is 11.4. The maximum Gasteiger partial charge on any atom is 0.258 e. The number of hydrogen-bond acceptors (Lipinski definition) is 3. The highest BCUT2D eigenvalue weighted by Gasteiger charge is 2.00. The predicted molar refractivity (Wildman–Crippen MR) is 58.8 cm³/mol. The maximum absolute atomic E-state index is 11.4. The molecule has 3 nitrogen and oxygen atoms in total. The molecule has 0 amide bonds. The fourth-order valence-corrected chi connectivity index (χ4v) is 2.00. The van der Waals surface area contributed by atoms with E-state index >= 15 is 0 Å². The van der Waals surface area contributed by atoms with Crippen LogP contribution >= 0.6 is 11.8 Å². The minimum atomic E-state index is -0.0754. The van der Waals surface area contributed by atoms with E-state index in [1.807, 2.05) is 18.2 Å². The lowest BCUT2D eigenvalue weighted by Gasteiger charge is -1.99. The van der Waals surface area contributed by atoms with E-state index in [0.717, 1.165) is 16.2 Å². The molecule has 0 radical (unpaired) electrons. The van der Waals surface area contributed by atoms with Crippen molar-refractivity contribution < 1.29 is 0 Å².